The van der Waals surface area contributed by atoms with Gasteiger partial charge in [-0.05, 0) is 49.9 Å². The maximum absolute atomic E-state index is 11.1. The largest absolute Gasteiger partial charge is 0.235 e. The average molecular weight is 349 g/mol. The van der Waals surface area contributed by atoms with Gasteiger partial charge in [-0.2, -0.15) is 4.99 Å². The van der Waals surface area contributed by atoms with E-state index in [2.05, 4.69) is 37.7 Å². The molecule has 0 aromatic heterocycles. The average Bonchev–Trinajstić information content (AvgIpc) is 2.50. The Morgan fingerprint density at radius 1 is 1.04 bits per heavy atom. The summed E-state index contributed by atoms with van der Waals surface area (Å²) in [5.41, 5.74) is -0.149. The van der Waals surface area contributed by atoms with Crippen LogP contribution in [0.2, 0.25) is 0 Å². The van der Waals surface area contributed by atoms with Gasteiger partial charge in [0, 0.05) is 0 Å². The molecule has 0 aliphatic heterocycles. The van der Waals surface area contributed by atoms with E-state index in [1.165, 1.54) is 25.7 Å². The van der Waals surface area contributed by atoms with Crippen molar-refractivity contribution in [1.29, 1.82) is 0 Å². The Balaban J connectivity index is 2.66. The van der Waals surface area contributed by atoms with Crippen LogP contribution in [0.5, 0.6) is 0 Å². The highest BCUT2D eigenvalue weighted by atomic mass is 16.1. The quantitative estimate of drug-likeness (QED) is 0.271. The summed E-state index contributed by atoms with van der Waals surface area (Å²) >= 11 is 0. The summed E-state index contributed by atoms with van der Waals surface area (Å²) in [6.45, 7) is 8.96. The highest BCUT2D eigenvalue weighted by Crippen LogP contribution is 2.47. The predicted molar refractivity (Wildman–Crippen MR) is 102 cm³/mol. The summed E-state index contributed by atoms with van der Waals surface area (Å²) in [5, 5.41) is 0. The van der Waals surface area contributed by atoms with Crippen LogP contribution in [-0.2, 0) is 9.59 Å². The van der Waals surface area contributed by atoms with Crippen LogP contribution >= 0.6 is 0 Å². The lowest BCUT2D eigenvalue weighted by molar-refractivity contribution is 0.100. The highest BCUT2D eigenvalue weighted by Gasteiger charge is 2.43. The predicted octanol–water partition coefficient (Wildman–Crippen LogP) is 5.75. The first-order chi connectivity index (χ1) is 11.9. The number of rotatable bonds is 11. The van der Waals surface area contributed by atoms with Crippen LogP contribution in [0.15, 0.2) is 9.98 Å². The van der Waals surface area contributed by atoms with Crippen molar-refractivity contribution in [3.8, 4) is 0 Å². The number of hydrogen-bond acceptors (Lipinski definition) is 4. The van der Waals surface area contributed by atoms with Crippen LogP contribution < -0.4 is 0 Å². The van der Waals surface area contributed by atoms with E-state index in [0.29, 0.717) is 5.92 Å². The Bertz CT molecular complexity index is 490. The Morgan fingerprint density at radius 3 is 2.36 bits per heavy atom. The summed E-state index contributed by atoms with van der Waals surface area (Å²) < 4.78 is 0. The van der Waals surface area contributed by atoms with Gasteiger partial charge in [-0.15, -0.1) is 0 Å². The molecule has 1 rings (SSSR count). The van der Waals surface area contributed by atoms with Crippen LogP contribution in [0.3, 0.4) is 0 Å². The van der Waals surface area contributed by atoms with E-state index >= 15 is 0 Å². The SMILES string of the molecule is CCCCCCCC(CCC1(N=C=O)CC(C)CC(C)(C)C1)N=C=O. The fourth-order valence-corrected chi connectivity index (χ4v) is 4.89. The van der Waals surface area contributed by atoms with E-state index in [4.69, 9.17) is 0 Å². The van der Waals surface area contributed by atoms with Gasteiger partial charge in [0.1, 0.15) is 0 Å². The maximum Gasteiger partial charge on any atom is 0.235 e. The van der Waals surface area contributed by atoms with Crippen molar-refractivity contribution in [3.05, 3.63) is 0 Å². The molecule has 1 aliphatic rings. The standard InChI is InChI=1S/C21H36N2O2/c1-5-6-7-8-9-10-19(22-16-24)11-12-21(23-17-25)14-18(2)13-20(3,4)15-21/h18-19H,5-15H2,1-4H3. The zero-order chi connectivity index (χ0) is 18.8. The highest BCUT2D eigenvalue weighted by molar-refractivity contribution is 5.35. The lowest BCUT2D eigenvalue weighted by Gasteiger charge is -2.45. The van der Waals surface area contributed by atoms with Gasteiger partial charge in [-0.1, -0.05) is 59.8 Å². The molecule has 1 fully saturated rings. The topological polar surface area (TPSA) is 58.9 Å². The third-order valence-corrected chi connectivity index (χ3v) is 5.54. The first kappa shape index (κ1) is 21.8. The molecule has 3 atom stereocenters. The minimum Gasteiger partial charge on any atom is -0.211 e. The minimum atomic E-state index is -0.332. The summed E-state index contributed by atoms with van der Waals surface area (Å²) in [7, 11) is 0. The van der Waals surface area contributed by atoms with Crippen molar-refractivity contribution >= 4 is 12.2 Å². The maximum atomic E-state index is 11.1. The van der Waals surface area contributed by atoms with E-state index < -0.39 is 0 Å². The fourth-order valence-electron chi connectivity index (χ4n) is 4.89. The van der Waals surface area contributed by atoms with Crippen LogP contribution in [0.4, 0.5) is 0 Å². The van der Waals surface area contributed by atoms with Crippen molar-refractivity contribution in [1.82, 2.24) is 0 Å². The molecule has 1 saturated carbocycles. The Kier molecular flexibility index (Phi) is 9.32. The molecule has 0 amide bonds. The van der Waals surface area contributed by atoms with Crippen LogP contribution in [0, 0.1) is 11.3 Å². The first-order valence-corrected chi connectivity index (χ1v) is 10.0. The van der Waals surface area contributed by atoms with Gasteiger partial charge in [-0.3, -0.25) is 0 Å². The molecule has 142 valence electrons. The monoisotopic (exact) mass is 348 g/mol. The van der Waals surface area contributed by atoms with Gasteiger partial charge < -0.3 is 0 Å². The van der Waals surface area contributed by atoms with E-state index in [1.807, 2.05) is 6.08 Å². The van der Waals surface area contributed by atoms with Crippen molar-refractivity contribution in [3.63, 3.8) is 0 Å². The molecule has 3 unspecified atom stereocenters. The summed E-state index contributed by atoms with van der Waals surface area (Å²) in [5.74, 6) is 0.544. The van der Waals surface area contributed by atoms with Crippen molar-refractivity contribution in [2.45, 2.75) is 110 Å². The third kappa shape index (κ3) is 8.12. The molecular weight excluding hydrogens is 312 g/mol. The zero-order valence-electron chi connectivity index (χ0n) is 16.6. The van der Waals surface area contributed by atoms with E-state index in [-0.39, 0.29) is 17.0 Å². The van der Waals surface area contributed by atoms with E-state index in [0.717, 1.165) is 44.9 Å². The fraction of sp³-hybridized carbons (Fsp3) is 0.905. The lowest BCUT2D eigenvalue weighted by atomic mass is 9.63. The second-order valence-corrected chi connectivity index (χ2v) is 8.90. The number of carbonyl (C=O) groups excluding carboxylic acids is 2. The lowest BCUT2D eigenvalue weighted by Crippen LogP contribution is -2.41. The number of unbranched alkanes of at least 4 members (excludes halogenated alkanes) is 4. The van der Waals surface area contributed by atoms with Crippen molar-refractivity contribution in [2.75, 3.05) is 0 Å². The minimum absolute atomic E-state index is 0.0122. The van der Waals surface area contributed by atoms with Gasteiger partial charge in [0.2, 0.25) is 12.2 Å². The van der Waals surface area contributed by atoms with Crippen molar-refractivity contribution < 1.29 is 9.59 Å². The molecule has 0 N–H and O–H groups in total. The summed E-state index contributed by atoms with van der Waals surface area (Å²) in [6, 6.07) is 0.0122. The Hall–Kier alpha value is -1.24. The number of nitrogens with zero attached hydrogens (tertiary/aromatic N) is 2. The second-order valence-electron chi connectivity index (χ2n) is 8.90. The number of hydrogen-bond donors (Lipinski definition) is 0. The van der Waals surface area contributed by atoms with Gasteiger partial charge in [0.25, 0.3) is 0 Å². The smallest absolute Gasteiger partial charge is 0.211 e. The molecule has 0 heterocycles. The third-order valence-electron chi connectivity index (χ3n) is 5.54. The van der Waals surface area contributed by atoms with E-state index in [9.17, 15) is 9.59 Å². The van der Waals surface area contributed by atoms with E-state index in [1.54, 1.807) is 6.08 Å². The molecule has 0 spiro atoms. The molecule has 4 heteroatoms. The molecule has 0 aromatic rings. The molecule has 4 nitrogen and oxygen atoms in total. The first-order valence-electron chi connectivity index (χ1n) is 10.0. The molecule has 0 bridgehead atoms. The molecular formula is C21H36N2O2. The Labute approximate surface area is 153 Å². The van der Waals surface area contributed by atoms with Gasteiger partial charge in [0.05, 0.1) is 11.6 Å². The van der Waals surface area contributed by atoms with Crippen LogP contribution in [-0.4, -0.2) is 23.7 Å². The molecule has 0 saturated heterocycles. The molecule has 25 heavy (non-hydrogen) atoms. The van der Waals surface area contributed by atoms with Crippen LogP contribution in [0.1, 0.15) is 98.3 Å². The molecule has 0 aromatic carbocycles. The van der Waals surface area contributed by atoms with Crippen molar-refractivity contribution in [2.24, 2.45) is 21.3 Å². The summed E-state index contributed by atoms with van der Waals surface area (Å²) in [4.78, 5) is 30.1. The van der Waals surface area contributed by atoms with Gasteiger partial charge in [-0.25, -0.2) is 14.6 Å². The second kappa shape index (κ2) is 10.7. The molecule has 1 aliphatic carbocycles. The Morgan fingerprint density at radius 2 is 1.76 bits per heavy atom. The number of isocyanates is 2. The van der Waals surface area contributed by atoms with Gasteiger partial charge in [0.15, 0.2) is 0 Å². The van der Waals surface area contributed by atoms with Gasteiger partial charge >= 0.3 is 0 Å². The molecule has 0 radical (unpaired) electrons. The normalized spacial score (nSPS) is 26.3. The summed E-state index contributed by atoms with van der Waals surface area (Å²) in [6.07, 6.45) is 15.2. The number of aliphatic imine (C=N–C) groups is 2. The zero-order valence-corrected chi connectivity index (χ0v) is 16.6. The van der Waals surface area contributed by atoms with Crippen LogP contribution in [0.25, 0.3) is 0 Å².